The van der Waals surface area contributed by atoms with Crippen molar-refractivity contribution in [3.8, 4) is 0 Å². The molecule has 1 N–H and O–H groups in total. The molecule has 74 valence electrons. The third-order valence-corrected chi connectivity index (χ3v) is 2.52. The zero-order valence-electron chi connectivity index (χ0n) is 8.44. The number of hydrogen-bond acceptors (Lipinski definition) is 1. The Labute approximate surface area is 85.9 Å². The zero-order valence-corrected chi connectivity index (χ0v) is 9.19. The first-order chi connectivity index (χ1) is 6.22. The molecule has 1 rings (SSSR count). The fourth-order valence-electron chi connectivity index (χ4n) is 1.50. The summed E-state index contributed by atoms with van der Waals surface area (Å²) in [5.41, 5.74) is 1.39. The molecular formula is C11H18ClN. The molecule has 0 unspecified atom stereocenters. The van der Waals surface area contributed by atoms with E-state index in [0.717, 1.165) is 17.4 Å². The molecule has 0 aliphatic carbocycles. The molecule has 0 saturated carbocycles. The second-order valence-corrected chi connectivity index (χ2v) is 4.15. The van der Waals surface area contributed by atoms with Gasteiger partial charge in [-0.3, -0.25) is 0 Å². The molecule has 1 aliphatic heterocycles. The Balaban J connectivity index is 2.35. The first kappa shape index (κ1) is 10.8. The Hall–Kier alpha value is -0.270. The SMILES string of the molecule is CC/C=C(Cl)\C=C(/C)CC1CNC1. The maximum atomic E-state index is 5.99. The average Bonchev–Trinajstić information content (AvgIpc) is 1.97. The van der Waals surface area contributed by atoms with Crippen LogP contribution in [0, 0.1) is 5.92 Å². The van der Waals surface area contributed by atoms with Crippen molar-refractivity contribution in [3.63, 3.8) is 0 Å². The molecule has 1 fully saturated rings. The fraction of sp³-hybridized carbons (Fsp3) is 0.636. The van der Waals surface area contributed by atoms with Gasteiger partial charge in [-0.2, -0.15) is 0 Å². The lowest BCUT2D eigenvalue weighted by molar-refractivity contribution is 0.346. The number of halogens is 1. The number of allylic oxidation sites excluding steroid dienone is 4. The van der Waals surface area contributed by atoms with Crippen LogP contribution in [0.5, 0.6) is 0 Å². The van der Waals surface area contributed by atoms with Crippen LogP contribution in [-0.4, -0.2) is 13.1 Å². The van der Waals surface area contributed by atoms with Gasteiger partial charge in [-0.15, -0.1) is 0 Å². The predicted octanol–water partition coefficient (Wildman–Crippen LogP) is 3.07. The second kappa shape index (κ2) is 5.46. The summed E-state index contributed by atoms with van der Waals surface area (Å²) in [4.78, 5) is 0. The van der Waals surface area contributed by atoms with Gasteiger partial charge in [0.15, 0.2) is 0 Å². The van der Waals surface area contributed by atoms with E-state index >= 15 is 0 Å². The van der Waals surface area contributed by atoms with E-state index in [1.807, 2.05) is 6.08 Å². The van der Waals surface area contributed by atoms with E-state index in [1.54, 1.807) is 0 Å². The topological polar surface area (TPSA) is 12.0 Å². The summed E-state index contributed by atoms with van der Waals surface area (Å²) in [5, 5.41) is 4.15. The summed E-state index contributed by atoms with van der Waals surface area (Å²) in [6.07, 6.45) is 6.32. The predicted molar refractivity (Wildman–Crippen MR) is 59.0 cm³/mol. The summed E-state index contributed by atoms with van der Waals surface area (Å²) >= 11 is 5.99. The normalized spacial score (nSPS) is 20.2. The van der Waals surface area contributed by atoms with Gasteiger partial charge in [-0.05, 0) is 44.8 Å². The Morgan fingerprint density at radius 2 is 2.23 bits per heavy atom. The summed E-state index contributed by atoms with van der Waals surface area (Å²) in [6, 6.07) is 0. The van der Waals surface area contributed by atoms with Crippen molar-refractivity contribution < 1.29 is 0 Å². The lowest BCUT2D eigenvalue weighted by Gasteiger charge is -2.27. The molecule has 0 aromatic rings. The van der Waals surface area contributed by atoms with E-state index in [0.29, 0.717) is 0 Å². The maximum Gasteiger partial charge on any atom is 0.0365 e. The van der Waals surface area contributed by atoms with E-state index in [-0.39, 0.29) is 0 Å². The van der Waals surface area contributed by atoms with E-state index in [4.69, 9.17) is 11.6 Å². The largest absolute Gasteiger partial charge is 0.316 e. The molecule has 0 aromatic carbocycles. The van der Waals surface area contributed by atoms with Gasteiger partial charge >= 0.3 is 0 Å². The smallest absolute Gasteiger partial charge is 0.0365 e. The molecule has 13 heavy (non-hydrogen) atoms. The van der Waals surface area contributed by atoms with Crippen LogP contribution in [0.25, 0.3) is 0 Å². The van der Waals surface area contributed by atoms with E-state index < -0.39 is 0 Å². The lowest BCUT2D eigenvalue weighted by Crippen LogP contribution is -2.41. The Morgan fingerprint density at radius 1 is 1.54 bits per heavy atom. The highest BCUT2D eigenvalue weighted by Gasteiger charge is 2.16. The minimum Gasteiger partial charge on any atom is -0.316 e. The quantitative estimate of drug-likeness (QED) is 0.687. The highest BCUT2D eigenvalue weighted by Crippen LogP contribution is 2.17. The van der Waals surface area contributed by atoms with Gasteiger partial charge in [0.1, 0.15) is 0 Å². The molecule has 0 radical (unpaired) electrons. The molecule has 0 atom stereocenters. The van der Waals surface area contributed by atoms with Gasteiger partial charge in [0, 0.05) is 5.03 Å². The molecule has 2 heteroatoms. The van der Waals surface area contributed by atoms with Crippen molar-refractivity contribution >= 4 is 11.6 Å². The summed E-state index contributed by atoms with van der Waals surface area (Å²) in [5.74, 6) is 0.836. The van der Waals surface area contributed by atoms with Crippen LogP contribution in [0.3, 0.4) is 0 Å². The minimum atomic E-state index is 0.836. The number of rotatable bonds is 4. The Morgan fingerprint density at radius 3 is 2.69 bits per heavy atom. The second-order valence-electron chi connectivity index (χ2n) is 3.72. The van der Waals surface area contributed by atoms with Gasteiger partial charge in [-0.1, -0.05) is 30.2 Å². The lowest BCUT2D eigenvalue weighted by atomic mass is 9.95. The Bertz CT molecular complexity index is 214. The first-order valence-electron chi connectivity index (χ1n) is 4.96. The van der Waals surface area contributed by atoms with Gasteiger partial charge < -0.3 is 5.32 Å². The van der Waals surface area contributed by atoms with Crippen LogP contribution in [0.4, 0.5) is 0 Å². The number of nitrogens with one attached hydrogen (secondary N) is 1. The highest BCUT2D eigenvalue weighted by molar-refractivity contribution is 6.31. The Kier molecular flexibility index (Phi) is 4.54. The van der Waals surface area contributed by atoms with Gasteiger partial charge in [0.25, 0.3) is 0 Å². The molecule has 0 aromatic heterocycles. The molecule has 1 heterocycles. The van der Waals surface area contributed by atoms with E-state index in [9.17, 15) is 0 Å². The fourth-order valence-corrected chi connectivity index (χ4v) is 1.84. The maximum absolute atomic E-state index is 5.99. The molecule has 1 aliphatic rings. The van der Waals surface area contributed by atoms with Crippen LogP contribution in [-0.2, 0) is 0 Å². The van der Waals surface area contributed by atoms with Crippen molar-refractivity contribution in [3.05, 3.63) is 22.8 Å². The van der Waals surface area contributed by atoms with Crippen LogP contribution in [0.2, 0.25) is 0 Å². The van der Waals surface area contributed by atoms with Crippen molar-refractivity contribution in [2.24, 2.45) is 5.92 Å². The third-order valence-electron chi connectivity index (χ3n) is 2.26. The number of hydrogen-bond donors (Lipinski definition) is 1. The standard InChI is InChI=1S/C11H18ClN/c1-3-4-11(12)6-9(2)5-10-7-13-8-10/h4,6,10,13H,3,5,7-8H2,1-2H3/b9-6+,11-4+. The van der Waals surface area contributed by atoms with E-state index in [2.05, 4.69) is 25.2 Å². The van der Waals surface area contributed by atoms with Gasteiger partial charge in [0.05, 0.1) is 0 Å². The zero-order chi connectivity index (χ0) is 9.68. The molecule has 0 spiro atoms. The monoisotopic (exact) mass is 199 g/mol. The third kappa shape index (κ3) is 3.97. The molecule has 1 saturated heterocycles. The van der Waals surface area contributed by atoms with E-state index in [1.165, 1.54) is 25.1 Å². The molecule has 1 nitrogen and oxygen atoms in total. The van der Waals surface area contributed by atoms with Crippen LogP contribution >= 0.6 is 11.6 Å². The summed E-state index contributed by atoms with van der Waals surface area (Å²) < 4.78 is 0. The molecule has 0 bridgehead atoms. The van der Waals surface area contributed by atoms with Crippen molar-refractivity contribution in [1.29, 1.82) is 0 Å². The van der Waals surface area contributed by atoms with Crippen LogP contribution in [0.15, 0.2) is 22.8 Å². The summed E-state index contributed by atoms with van der Waals surface area (Å²) in [7, 11) is 0. The van der Waals surface area contributed by atoms with Crippen molar-refractivity contribution in [1.82, 2.24) is 5.32 Å². The first-order valence-corrected chi connectivity index (χ1v) is 5.33. The van der Waals surface area contributed by atoms with Gasteiger partial charge in [-0.25, -0.2) is 0 Å². The van der Waals surface area contributed by atoms with Crippen LogP contribution in [0.1, 0.15) is 26.7 Å². The summed E-state index contributed by atoms with van der Waals surface area (Å²) in [6.45, 7) is 6.59. The van der Waals surface area contributed by atoms with Crippen molar-refractivity contribution in [2.45, 2.75) is 26.7 Å². The molecule has 0 amide bonds. The average molecular weight is 200 g/mol. The highest BCUT2D eigenvalue weighted by atomic mass is 35.5. The van der Waals surface area contributed by atoms with Gasteiger partial charge in [0.2, 0.25) is 0 Å². The van der Waals surface area contributed by atoms with Crippen molar-refractivity contribution in [2.75, 3.05) is 13.1 Å². The minimum absolute atomic E-state index is 0.836. The molecular weight excluding hydrogens is 182 g/mol. The van der Waals surface area contributed by atoms with Crippen LogP contribution < -0.4 is 5.32 Å².